The zero-order valence-corrected chi connectivity index (χ0v) is 11.0. The van der Waals surface area contributed by atoms with Gasteiger partial charge in [-0.3, -0.25) is 0 Å². The van der Waals surface area contributed by atoms with Gasteiger partial charge in [0.2, 0.25) is 10.0 Å². The first kappa shape index (κ1) is 15.9. The van der Waals surface area contributed by atoms with E-state index in [-0.39, 0.29) is 15.8 Å². The lowest BCUT2D eigenvalue weighted by atomic mass is 10.4. The molecular weight excluding hydrogens is 289 g/mol. The maximum absolute atomic E-state index is 12.4. The Hall–Kier alpha value is -1.13. The number of alkyl halides is 3. The first-order valence-electron chi connectivity index (χ1n) is 5.20. The average Bonchev–Trinajstić information content (AvgIpc) is 2.56. The minimum atomic E-state index is -4.71. The molecule has 0 atom stereocenters. The Morgan fingerprint density at radius 3 is 2.32 bits per heavy atom. The summed E-state index contributed by atoms with van der Waals surface area (Å²) in [6, 6.07) is 0. The Morgan fingerprint density at radius 2 is 1.95 bits per heavy atom. The van der Waals surface area contributed by atoms with Gasteiger partial charge >= 0.3 is 6.18 Å². The van der Waals surface area contributed by atoms with Gasteiger partial charge in [-0.15, -0.1) is 0 Å². The van der Waals surface area contributed by atoms with Gasteiger partial charge in [-0.05, 0) is 13.8 Å². The highest BCUT2D eigenvalue weighted by molar-refractivity contribution is 7.89. The fourth-order valence-corrected chi connectivity index (χ4v) is 3.28. The number of aromatic nitrogens is 1. The van der Waals surface area contributed by atoms with Gasteiger partial charge < -0.3 is 9.63 Å². The van der Waals surface area contributed by atoms with Crippen molar-refractivity contribution in [3.8, 4) is 0 Å². The largest absolute Gasteiger partial charge is 0.402 e. The van der Waals surface area contributed by atoms with Crippen molar-refractivity contribution in [2.24, 2.45) is 0 Å². The Kier molecular flexibility index (Phi) is 4.59. The summed E-state index contributed by atoms with van der Waals surface area (Å²) in [5, 5.41) is 12.1. The SMILES string of the molecule is Cc1noc(C)c1S(=O)(=O)N(CCO)CC(F)(F)F. The van der Waals surface area contributed by atoms with Gasteiger partial charge in [-0.25, -0.2) is 8.42 Å². The fourth-order valence-electron chi connectivity index (χ4n) is 1.57. The Morgan fingerprint density at radius 1 is 1.37 bits per heavy atom. The molecule has 19 heavy (non-hydrogen) atoms. The monoisotopic (exact) mass is 302 g/mol. The predicted molar refractivity (Wildman–Crippen MR) is 57.9 cm³/mol. The maximum atomic E-state index is 12.4. The molecule has 0 spiro atoms. The van der Waals surface area contributed by atoms with Crippen LogP contribution in [0.2, 0.25) is 0 Å². The number of aliphatic hydroxyl groups is 1. The summed E-state index contributed by atoms with van der Waals surface area (Å²) in [5.74, 6) is -0.0948. The van der Waals surface area contributed by atoms with Crippen LogP contribution in [0.25, 0.3) is 0 Å². The maximum Gasteiger partial charge on any atom is 0.402 e. The van der Waals surface area contributed by atoms with Crippen molar-refractivity contribution in [1.29, 1.82) is 0 Å². The van der Waals surface area contributed by atoms with Gasteiger partial charge in [-0.2, -0.15) is 17.5 Å². The third-order valence-corrected chi connectivity index (χ3v) is 4.36. The van der Waals surface area contributed by atoms with Crippen LogP contribution in [0.4, 0.5) is 13.2 Å². The van der Waals surface area contributed by atoms with Crippen LogP contribution in [0.5, 0.6) is 0 Å². The van der Waals surface area contributed by atoms with E-state index in [1.807, 2.05) is 0 Å². The first-order valence-corrected chi connectivity index (χ1v) is 6.64. The van der Waals surface area contributed by atoms with Crippen molar-refractivity contribution in [2.45, 2.75) is 24.9 Å². The van der Waals surface area contributed by atoms with Crippen molar-refractivity contribution in [1.82, 2.24) is 9.46 Å². The Balaban J connectivity index is 3.21. The number of aryl methyl sites for hydroxylation is 2. The summed E-state index contributed by atoms with van der Waals surface area (Å²) in [5.41, 5.74) is -0.0254. The smallest absolute Gasteiger partial charge is 0.395 e. The normalized spacial score (nSPS) is 13.2. The summed E-state index contributed by atoms with van der Waals surface area (Å²) in [4.78, 5) is -0.398. The quantitative estimate of drug-likeness (QED) is 0.871. The molecule has 0 amide bonds. The number of halogens is 3. The van der Waals surface area contributed by atoms with E-state index in [1.54, 1.807) is 0 Å². The van der Waals surface area contributed by atoms with Crippen molar-refractivity contribution in [3.05, 3.63) is 11.5 Å². The predicted octanol–water partition coefficient (Wildman–Crippen LogP) is 0.837. The molecule has 0 bridgehead atoms. The van der Waals surface area contributed by atoms with E-state index in [9.17, 15) is 21.6 Å². The van der Waals surface area contributed by atoms with Crippen molar-refractivity contribution < 1.29 is 31.2 Å². The van der Waals surface area contributed by atoms with Crippen LogP contribution in [0.15, 0.2) is 9.42 Å². The molecule has 1 rings (SSSR count). The summed E-state index contributed by atoms with van der Waals surface area (Å²) < 4.78 is 66.2. The average molecular weight is 302 g/mol. The second-order valence-electron chi connectivity index (χ2n) is 3.83. The Labute approximate surface area is 107 Å². The van der Waals surface area contributed by atoms with E-state index >= 15 is 0 Å². The third kappa shape index (κ3) is 3.67. The van der Waals surface area contributed by atoms with Crippen molar-refractivity contribution in [3.63, 3.8) is 0 Å². The zero-order chi connectivity index (χ0) is 14.8. The molecule has 0 saturated carbocycles. The van der Waals surface area contributed by atoms with Crippen LogP contribution in [0.1, 0.15) is 11.5 Å². The van der Waals surface area contributed by atoms with Crippen molar-refractivity contribution >= 4 is 10.0 Å². The van der Waals surface area contributed by atoms with Gasteiger partial charge in [0.05, 0.1) is 6.61 Å². The molecule has 6 nitrogen and oxygen atoms in total. The van der Waals surface area contributed by atoms with E-state index in [2.05, 4.69) is 9.68 Å². The second-order valence-corrected chi connectivity index (χ2v) is 5.71. The van der Waals surface area contributed by atoms with E-state index < -0.39 is 40.8 Å². The molecule has 0 unspecified atom stereocenters. The summed E-state index contributed by atoms with van der Waals surface area (Å²) in [6.07, 6.45) is -4.71. The lowest BCUT2D eigenvalue weighted by Gasteiger charge is -2.22. The summed E-state index contributed by atoms with van der Waals surface area (Å²) >= 11 is 0. The van der Waals surface area contributed by atoms with Crippen molar-refractivity contribution in [2.75, 3.05) is 19.7 Å². The van der Waals surface area contributed by atoms with Crippen LogP contribution in [0.3, 0.4) is 0 Å². The number of sulfonamides is 1. The van der Waals surface area contributed by atoms with Gasteiger partial charge in [0.15, 0.2) is 5.76 Å². The molecule has 1 N–H and O–H groups in total. The first-order chi connectivity index (χ1) is 8.59. The van der Waals surface area contributed by atoms with E-state index in [1.165, 1.54) is 13.8 Å². The van der Waals surface area contributed by atoms with Crippen LogP contribution < -0.4 is 0 Å². The van der Waals surface area contributed by atoms with Crippen LogP contribution in [0, 0.1) is 13.8 Å². The third-order valence-electron chi connectivity index (χ3n) is 2.27. The molecular formula is C9H13F3N2O4S. The van der Waals surface area contributed by atoms with Crippen LogP contribution in [-0.4, -0.2) is 48.9 Å². The number of rotatable bonds is 5. The lowest BCUT2D eigenvalue weighted by Crippen LogP contribution is -2.40. The molecule has 0 aliphatic heterocycles. The van der Waals surface area contributed by atoms with E-state index in [0.29, 0.717) is 0 Å². The molecule has 0 fully saturated rings. The minimum Gasteiger partial charge on any atom is -0.395 e. The molecule has 0 aromatic carbocycles. The molecule has 0 radical (unpaired) electrons. The van der Waals surface area contributed by atoms with E-state index in [4.69, 9.17) is 5.11 Å². The number of nitrogens with zero attached hydrogens (tertiary/aromatic N) is 2. The highest BCUT2D eigenvalue weighted by Gasteiger charge is 2.39. The van der Waals surface area contributed by atoms with Gasteiger partial charge in [0, 0.05) is 6.54 Å². The molecule has 0 aliphatic carbocycles. The molecule has 0 aliphatic rings. The van der Waals surface area contributed by atoms with Gasteiger partial charge in [0.1, 0.15) is 17.1 Å². The molecule has 0 saturated heterocycles. The number of aliphatic hydroxyl groups excluding tert-OH is 1. The Bertz CT molecular complexity index is 519. The highest BCUT2D eigenvalue weighted by atomic mass is 32.2. The fraction of sp³-hybridized carbons (Fsp3) is 0.667. The summed E-state index contributed by atoms with van der Waals surface area (Å²) in [7, 11) is -4.42. The topological polar surface area (TPSA) is 83.6 Å². The molecule has 10 heteroatoms. The van der Waals surface area contributed by atoms with Gasteiger partial charge in [0.25, 0.3) is 0 Å². The number of hydrogen-bond donors (Lipinski definition) is 1. The second kappa shape index (κ2) is 5.47. The van der Waals surface area contributed by atoms with Crippen LogP contribution >= 0.6 is 0 Å². The zero-order valence-electron chi connectivity index (χ0n) is 10.2. The van der Waals surface area contributed by atoms with E-state index in [0.717, 1.165) is 0 Å². The minimum absolute atomic E-state index is 0.0254. The molecule has 1 heterocycles. The standard InChI is InChI=1S/C9H13F3N2O4S/c1-6-8(7(2)18-13-6)19(16,17)14(3-4-15)5-9(10,11)12/h15H,3-5H2,1-2H3. The van der Waals surface area contributed by atoms with Crippen LogP contribution in [-0.2, 0) is 10.0 Å². The summed E-state index contributed by atoms with van der Waals surface area (Å²) in [6.45, 7) is -0.462. The van der Waals surface area contributed by atoms with Gasteiger partial charge in [-0.1, -0.05) is 5.16 Å². The molecule has 1 aromatic rings. The lowest BCUT2D eigenvalue weighted by molar-refractivity contribution is -0.136. The highest BCUT2D eigenvalue weighted by Crippen LogP contribution is 2.26. The molecule has 1 aromatic heterocycles. The molecule has 110 valence electrons. The number of hydrogen-bond acceptors (Lipinski definition) is 5.